The Kier molecular flexibility index (Phi) is 50.1. The van der Waals surface area contributed by atoms with Gasteiger partial charge in [-0.1, -0.05) is 222 Å². The first kappa shape index (κ1) is 70.4. The van der Waals surface area contributed by atoms with E-state index in [2.05, 4.69) is 67.8 Å². The number of hydrogen-bond acceptors (Lipinski definition) is 10. The topological polar surface area (TPSA) is 175 Å². The highest BCUT2D eigenvalue weighted by molar-refractivity contribution is 5.76. The molecular weight excluding hydrogens is 943 g/mol. The van der Waals surface area contributed by atoms with Gasteiger partial charge in [-0.3, -0.25) is 9.59 Å². The predicted octanol–water partition coefficient (Wildman–Crippen LogP) is 14.6. The Labute approximate surface area is 458 Å². The molecule has 6 N–H and O–H groups in total. The van der Waals surface area contributed by atoms with Gasteiger partial charge >= 0.3 is 5.97 Å². The summed E-state index contributed by atoms with van der Waals surface area (Å²) in [5, 5.41) is 54.2. The normalized spacial score (nSPS) is 19.2. The molecule has 1 aliphatic heterocycles. The number of rotatable bonds is 53. The van der Waals surface area contributed by atoms with Gasteiger partial charge in [-0.2, -0.15) is 0 Å². The molecule has 1 aliphatic rings. The smallest absolute Gasteiger partial charge is 0.305 e. The Bertz CT molecular complexity index is 1430. The third kappa shape index (κ3) is 43.0. The molecule has 0 spiro atoms. The van der Waals surface area contributed by atoms with Crippen molar-refractivity contribution in [2.24, 2.45) is 0 Å². The number of amides is 1. The van der Waals surface area contributed by atoms with Crippen molar-refractivity contribution in [1.29, 1.82) is 0 Å². The summed E-state index contributed by atoms with van der Waals surface area (Å²) < 4.78 is 16.7. The number of ether oxygens (including phenoxy) is 3. The second-order valence-corrected chi connectivity index (χ2v) is 21.4. The summed E-state index contributed by atoms with van der Waals surface area (Å²) in [5.41, 5.74) is 0. The summed E-state index contributed by atoms with van der Waals surface area (Å²) in [7, 11) is 0. The number of hydrogen-bond donors (Lipinski definition) is 6. The predicted molar refractivity (Wildman–Crippen MR) is 310 cm³/mol. The molecular formula is C64H115NO10. The molecule has 7 atom stereocenters. The molecule has 11 heteroatoms. The zero-order chi connectivity index (χ0) is 54.5. The summed E-state index contributed by atoms with van der Waals surface area (Å²) in [6.45, 7) is 4.24. The number of carbonyl (C=O) groups excluding carboxylic acids is 2. The third-order valence-electron chi connectivity index (χ3n) is 14.4. The van der Waals surface area contributed by atoms with E-state index in [1.54, 1.807) is 6.08 Å². The summed E-state index contributed by atoms with van der Waals surface area (Å²) in [6.07, 6.45) is 59.0. The quantitative estimate of drug-likeness (QED) is 0.0149. The molecule has 1 amide bonds. The van der Waals surface area contributed by atoms with Gasteiger partial charge in [0.25, 0.3) is 0 Å². The zero-order valence-electron chi connectivity index (χ0n) is 48.0. The van der Waals surface area contributed by atoms with Crippen LogP contribution < -0.4 is 5.32 Å². The highest BCUT2D eigenvalue weighted by Gasteiger charge is 2.44. The van der Waals surface area contributed by atoms with Crippen molar-refractivity contribution in [1.82, 2.24) is 5.32 Å². The van der Waals surface area contributed by atoms with E-state index in [0.717, 1.165) is 96.3 Å². The van der Waals surface area contributed by atoms with Gasteiger partial charge in [0.15, 0.2) is 6.29 Å². The second-order valence-electron chi connectivity index (χ2n) is 21.4. The Morgan fingerprint density at radius 3 is 1.45 bits per heavy atom. The lowest BCUT2D eigenvalue weighted by atomic mass is 9.99. The first-order valence-electron chi connectivity index (χ1n) is 31.1. The lowest BCUT2D eigenvalue weighted by molar-refractivity contribution is -0.302. The maximum atomic E-state index is 13.0. The van der Waals surface area contributed by atoms with Crippen LogP contribution in [0.4, 0.5) is 0 Å². The molecule has 436 valence electrons. The number of allylic oxidation sites excluding steroid dienone is 9. The fourth-order valence-corrected chi connectivity index (χ4v) is 9.40. The zero-order valence-corrected chi connectivity index (χ0v) is 48.0. The van der Waals surface area contributed by atoms with Crippen LogP contribution in [0.1, 0.15) is 271 Å². The molecule has 0 bridgehead atoms. The van der Waals surface area contributed by atoms with Gasteiger partial charge in [-0.15, -0.1) is 0 Å². The molecule has 1 rings (SSSR count). The fourth-order valence-electron chi connectivity index (χ4n) is 9.40. The van der Waals surface area contributed by atoms with Crippen molar-refractivity contribution in [3.8, 4) is 0 Å². The van der Waals surface area contributed by atoms with E-state index in [1.165, 1.54) is 148 Å². The first-order valence-corrected chi connectivity index (χ1v) is 31.1. The fraction of sp³-hybridized carbons (Fsp3) is 0.812. The van der Waals surface area contributed by atoms with Gasteiger partial charge in [0.05, 0.1) is 32.0 Å². The maximum absolute atomic E-state index is 13.0. The van der Waals surface area contributed by atoms with E-state index >= 15 is 0 Å². The molecule has 0 radical (unpaired) electrons. The molecule has 0 aromatic carbocycles. The number of esters is 1. The van der Waals surface area contributed by atoms with Gasteiger partial charge in [0, 0.05) is 12.8 Å². The minimum Gasteiger partial charge on any atom is -0.466 e. The SMILES string of the molecule is CCCCC/C=C\C/C=C\CCCCCCCCCCCC(=O)OCCCCC/C=C\C=C/CCCCCCCCCCCCC(=O)NC(COC1OC(CO)C(O)C(O)C1O)C(O)/C=C/CCCCCCCCC. The van der Waals surface area contributed by atoms with Crippen LogP contribution in [-0.4, -0.2) is 100 Å². The number of carbonyl (C=O) groups is 2. The molecule has 0 aromatic rings. The van der Waals surface area contributed by atoms with Crippen LogP contribution in [0, 0.1) is 0 Å². The molecule has 1 saturated heterocycles. The van der Waals surface area contributed by atoms with Gasteiger partial charge in [-0.05, 0) is 96.3 Å². The molecule has 1 heterocycles. The number of aliphatic hydroxyl groups is 5. The second kappa shape index (κ2) is 53.4. The highest BCUT2D eigenvalue weighted by Crippen LogP contribution is 2.23. The van der Waals surface area contributed by atoms with E-state index < -0.39 is 49.5 Å². The molecule has 7 unspecified atom stereocenters. The van der Waals surface area contributed by atoms with Gasteiger partial charge in [-0.25, -0.2) is 0 Å². The largest absolute Gasteiger partial charge is 0.466 e. The van der Waals surface area contributed by atoms with Crippen molar-refractivity contribution in [2.45, 2.75) is 314 Å². The monoisotopic (exact) mass is 1060 g/mol. The van der Waals surface area contributed by atoms with Crippen LogP contribution >= 0.6 is 0 Å². The standard InChI is InChI=1S/C64H115NO10/c1-3-5-7-9-11-13-14-15-16-17-19-23-26-29-32-36-40-44-48-52-60(69)73-53-49-45-41-37-33-30-27-24-21-18-20-22-25-28-31-35-39-43-47-51-59(68)65-56(57(67)50-46-42-38-34-12-10-8-6-4-2)55-74-64-63(72)62(71)61(70)58(54-66)75-64/h11,13,15-16,24,27,30,33,46,50,56-58,61-64,66-67,70-72H,3-10,12,14,17-23,25-26,28-29,31-32,34-45,47-49,51-55H2,1-2H3,(H,65,68)/b13-11-,16-15-,27-24-,33-30-,50-46+. The minimum absolute atomic E-state index is 0.0327. The third-order valence-corrected chi connectivity index (χ3v) is 14.4. The van der Waals surface area contributed by atoms with E-state index in [9.17, 15) is 35.1 Å². The van der Waals surface area contributed by atoms with E-state index in [-0.39, 0.29) is 18.5 Å². The van der Waals surface area contributed by atoms with E-state index in [4.69, 9.17) is 14.2 Å². The molecule has 0 aliphatic carbocycles. The van der Waals surface area contributed by atoms with Gasteiger partial charge < -0.3 is 45.1 Å². The Balaban J connectivity index is 2.02. The van der Waals surface area contributed by atoms with Crippen molar-refractivity contribution < 1.29 is 49.3 Å². The number of unbranched alkanes of at least 4 members (excludes halogenated alkanes) is 32. The molecule has 11 nitrogen and oxygen atoms in total. The van der Waals surface area contributed by atoms with E-state index in [1.807, 2.05) is 6.08 Å². The molecule has 0 aromatic heterocycles. The number of nitrogens with one attached hydrogen (secondary N) is 1. The average Bonchev–Trinajstić information content (AvgIpc) is 3.41. The Morgan fingerprint density at radius 2 is 0.933 bits per heavy atom. The van der Waals surface area contributed by atoms with Crippen LogP contribution in [0.3, 0.4) is 0 Å². The van der Waals surface area contributed by atoms with Crippen molar-refractivity contribution in [3.63, 3.8) is 0 Å². The van der Waals surface area contributed by atoms with Gasteiger partial charge in [0.1, 0.15) is 24.4 Å². The van der Waals surface area contributed by atoms with Crippen molar-refractivity contribution in [3.05, 3.63) is 60.8 Å². The summed E-state index contributed by atoms with van der Waals surface area (Å²) >= 11 is 0. The molecule has 75 heavy (non-hydrogen) atoms. The maximum Gasteiger partial charge on any atom is 0.305 e. The van der Waals surface area contributed by atoms with Crippen LogP contribution in [0.2, 0.25) is 0 Å². The average molecular weight is 1060 g/mol. The summed E-state index contributed by atoms with van der Waals surface area (Å²) in [4.78, 5) is 25.1. The Hall–Kier alpha value is -2.64. The van der Waals surface area contributed by atoms with Crippen molar-refractivity contribution in [2.75, 3.05) is 19.8 Å². The van der Waals surface area contributed by atoms with Crippen LogP contribution in [0.5, 0.6) is 0 Å². The van der Waals surface area contributed by atoms with E-state index in [0.29, 0.717) is 19.4 Å². The van der Waals surface area contributed by atoms with Crippen molar-refractivity contribution >= 4 is 11.9 Å². The van der Waals surface area contributed by atoms with Crippen LogP contribution in [0.25, 0.3) is 0 Å². The lowest BCUT2D eigenvalue weighted by Gasteiger charge is -2.40. The summed E-state index contributed by atoms with van der Waals surface area (Å²) in [6, 6.07) is -0.818. The lowest BCUT2D eigenvalue weighted by Crippen LogP contribution is -2.60. The number of aliphatic hydroxyl groups excluding tert-OH is 5. The minimum atomic E-state index is -1.58. The van der Waals surface area contributed by atoms with Gasteiger partial charge in [0.2, 0.25) is 5.91 Å². The summed E-state index contributed by atoms with van der Waals surface area (Å²) in [5.74, 6) is -0.228. The van der Waals surface area contributed by atoms with Crippen LogP contribution in [-0.2, 0) is 23.8 Å². The molecule has 0 saturated carbocycles. The molecule has 1 fully saturated rings. The highest BCUT2D eigenvalue weighted by atomic mass is 16.7. The first-order chi connectivity index (χ1) is 36.7. The van der Waals surface area contributed by atoms with Crippen LogP contribution in [0.15, 0.2) is 60.8 Å². The Morgan fingerprint density at radius 1 is 0.507 bits per heavy atom.